The second-order valence-electron chi connectivity index (χ2n) is 5.20. The third-order valence-corrected chi connectivity index (χ3v) is 3.94. The van der Waals surface area contributed by atoms with Crippen LogP contribution in [0.1, 0.15) is 40.7 Å². The number of hydrogen-bond acceptors (Lipinski definition) is 1. The molecule has 1 heteroatoms. The van der Waals surface area contributed by atoms with Crippen LogP contribution in [0.4, 0.5) is 0 Å². The molecule has 0 radical (unpaired) electrons. The molecule has 0 heterocycles. The maximum Gasteiger partial charge on any atom is 0.0858 e. The van der Waals surface area contributed by atoms with Gasteiger partial charge in [0.15, 0.2) is 0 Å². The van der Waals surface area contributed by atoms with E-state index in [0.717, 1.165) is 18.4 Å². The monoisotopic (exact) mass is 238 g/mol. The Balaban J connectivity index is 1.93. The molecule has 3 rings (SSSR count). The number of benzene rings is 2. The molecule has 0 bridgehead atoms. The van der Waals surface area contributed by atoms with Gasteiger partial charge in [0, 0.05) is 5.92 Å². The number of rotatable bonds is 2. The molecule has 1 aliphatic rings. The first-order valence-corrected chi connectivity index (χ1v) is 6.58. The Hall–Kier alpha value is -1.60. The van der Waals surface area contributed by atoms with Gasteiger partial charge in [0.2, 0.25) is 0 Å². The van der Waals surface area contributed by atoms with E-state index in [-0.39, 0.29) is 12.0 Å². The van der Waals surface area contributed by atoms with Crippen molar-refractivity contribution in [3.63, 3.8) is 0 Å². The van der Waals surface area contributed by atoms with E-state index < -0.39 is 0 Å². The van der Waals surface area contributed by atoms with Crippen molar-refractivity contribution < 1.29 is 5.11 Å². The van der Waals surface area contributed by atoms with E-state index in [2.05, 4.69) is 43.3 Å². The normalized spacial score (nSPS) is 19.6. The minimum Gasteiger partial charge on any atom is -0.388 e. The number of fused-ring (bicyclic) bond motifs is 1. The van der Waals surface area contributed by atoms with E-state index >= 15 is 0 Å². The quantitative estimate of drug-likeness (QED) is 0.844. The van der Waals surface area contributed by atoms with Gasteiger partial charge in [-0.2, -0.15) is 0 Å². The van der Waals surface area contributed by atoms with Crippen molar-refractivity contribution in [2.45, 2.75) is 31.8 Å². The summed E-state index contributed by atoms with van der Waals surface area (Å²) in [6.07, 6.45) is 1.76. The lowest BCUT2D eigenvalue weighted by molar-refractivity contribution is 0.145. The van der Waals surface area contributed by atoms with Crippen LogP contribution < -0.4 is 0 Å². The molecule has 92 valence electrons. The average molecular weight is 238 g/mol. The zero-order chi connectivity index (χ0) is 12.5. The molecule has 2 unspecified atom stereocenters. The molecular weight excluding hydrogens is 220 g/mol. The van der Waals surface area contributed by atoms with Crippen LogP contribution >= 0.6 is 0 Å². The van der Waals surface area contributed by atoms with Crippen LogP contribution in [0.15, 0.2) is 48.5 Å². The number of aliphatic hydroxyl groups excluding tert-OH is 1. The van der Waals surface area contributed by atoms with Crippen LogP contribution in [-0.4, -0.2) is 5.11 Å². The second kappa shape index (κ2) is 4.58. The highest BCUT2D eigenvalue weighted by Crippen LogP contribution is 2.41. The summed E-state index contributed by atoms with van der Waals surface area (Å²) in [6, 6.07) is 16.7. The predicted octanol–water partition coefficient (Wildman–Crippen LogP) is 3.76. The van der Waals surface area contributed by atoms with Gasteiger partial charge < -0.3 is 5.11 Å². The predicted molar refractivity (Wildman–Crippen MR) is 73.6 cm³/mol. The molecule has 0 aliphatic heterocycles. The molecule has 0 saturated carbocycles. The number of hydrogen-bond donors (Lipinski definition) is 1. The first-order chi connectivity index (χ1) is 8.75. The lowest BCUT2D eigenvalue weighted by atomic mass is 9.90. The summed E-state index contributed by atoms with van der Waals surface area (Å²) in [5.74, 6) is 0.253. The molecule has 2 atom stereocenters. The van der Waals surface area contributed by atoms with Crippen molar-refractivity contribution in [1.82, 2.24) is 0 Å². The van der Waals surface area contributed by atoms with Gasteiger partial charge in [-0.3, -0.25) is 0 Å². The Morgan fingerprint density at radius 1 is 1.11 bits per heavy atom. The zero-order valence-corrected chi connectivity index (χ0v) is 10.6. The maximum atomic E-state index is 10.6. The van der Waals surface area contributed by atoms with Gasteiger partial charge >= 0.3 is 0 Å². The average Bonchev–Trinajstić information content (AvgIpc) is 2.82. The van der Waals surface area contributed by atoms with E-state index in [1.54, 1.807) is 0 Å². The van der Waals surface area contributed by atoms with Gasteiger partial charge in [0.1, 0.15) is 0 Å². The highest BCUT2D eigenvalue weighted by molar-refractivity contribution is 5.38. The van der Waals surface area contributed by atoms with Gasteiger partial charge in [-0.15, -0.1) is 0 Å². The van der Waals surface area contributed by atoms with Crippen molar-refractivity contribution in [3.8, 4) is 0 Å². The molecule has 1 aliphatic carbocycles. The Morgan fingerprint density at radius 2 is 1.94 bits per heavy atom. The van der Waals surface area contributed by atoms with Gasteiger partial charge in [0.05, 0.1) is 6.10 Å². The van der Waals surface area contributed by atoms with Crippen molar-refractivity contribution in [1.29, 1.82) is 0 Å². The van der Waals surface area contributed by atoms with Gasteiger partial charge in [-0.05, 0) is 36.5 Å². The van der Waals surface area contributed by atoms with Crippen LogP contribution in [0.5, 0.6) is 0 Å². The molecule has 2 aromatic rings. The SMILES string of the molecule is Cc1cccc(C(O)C2CCc3ccccc32)c1. The molecule has 1 nitrogen and oxygen atoms in total. The minimum absolute atomic E-state index is 0.253. The van der Waals surface area contributed by atoms with Crippen molar-refractivity contribution in [3.05, 3.63) is 70.8 Å². The highest BCUT2D eigenvalue weighted by Gasteiger charge is 2.29. The second-order valence-corrected chi connectivity index (χ2v) is 5.20. The van der Waals surface area contributed by atoms with Crippen LogP contribution in [0.2, 0.25) is 0 Å². The molecular formula is C17H18O. The Morgan fingerprint density at radius 3 is 2.78 bits per heavy atom. The standard InChI is InChI=1S/C17H18O/c1-12-5-4-7-14(11-12)17(18)16-10-9-13-6-2-3-8-15(13)16/h2-8,11,16-18H,9-10H2,1H3. The first kappa shape index (κ1) is 11.5. The summed E-state index contributed by atoms with van der Waals surface area (Å²) in [7, 11) is 0. The van der Waals surface area contributed by atoms with Gasteiger partial charge in [-0.25, -0.2) is 0 Å². The van der Waals surface area contributed by atoms with Crippen LogP contribution in [-0.2, 0) is 6.42 Å². The summed E-state index contributed by atoms with van der Waals surface area (Å²) in [5, 5.41) is 10.6. The highest BCUT2D eigenvalue weighted by atomic mass is 16.3. The molecule has 18 heavy (non-hydrogen) atoms. The fraction of sp³-hybridized carbons (Fsp3) is 0.294. The minimum atomic E-state index is -0.381. The molecule has 0 spiro atoms. The van der Waals surface area contributed by atoms with Gasteiger partial charge in [0.25, 0.3) is 0 Å². The zero-order valence-electron chi connectivity index (χ0n) is 10.6. The maximum absolute atomic E-state index is 10.6. The van der Waals surface area contributed by atoms with E-state index in [1.165, 1.54) is 16.7 Å². The molecule has 0 aromatic heterocycles. The summed E-state index contributed by atoms with van der Waals surface area (Å²) in [5.41, 5.74) is 4.97. The van der Waals surface area contributed by atoms with E-state index in [0.29, 0.717) is 0 Å². The van der Waals surface area contributed by atoms with E-state index in [1.807, 2.05) is 12.1 Å². The smallest absolute Gasteiger partial charge is 0.0858 e. The molecule has 0 saturated heterocycles. The third kappa shape index (κ3) is 1.95. The third-order valence-electron chi connectivity index (χ3n) is 3.94. The Labute approximate surface area is 108 Å². The van der Waals surface area contributed by atoms with Crippen molar-refractivity contribution in [2.24, 2.45) is 0 Å². The van der Waals surface area contributed by atoms with E-state index in [4.69, 9.17) is 0 Å². The summed E-state index contributed by atoms with van der Waals surface area (Å²) < 4.78 is 0. The fourth-order valence-corrected chi connectivity index (χ4v) is 3.00. The number of aryl methyl sites for hydroxylation is 2. The van der Waals surface area contributed by atoms with Crippen LogP contribution in [0.3, 0.4) is 0 Å². The fourth-order valence-electron chi connectivity index (χ4n) is 3.00. The lowest BCUT2D eigenvalue weighted by Gasteiger charge is -2.20. The molecule has 0 fully saturated rings. The summed E-state index contributed by atoms with van der Waals surface area (Å²) in [4.78, 5) is 0. The molecule has 1 N–H and O–H groups in total. The molecule has 2 aromatic carbocycles. The Bertz CT molecular complexity index is 559. The summed E-state index contributed by atoms with van der Waals surface area (Å²) in [6.45, 7) is 2.07. The topological polar surface area (TPSA) is 20.2 Å². The Kier molecular flexibility index (Phi) is 2.92. The van der Waals surface area contributed by atoms with E-state index in [9.17, 15) is 5.11 Å². The van der Waals surface area contributed by atoms with Crippen LogP contribution in [0, 0.1) is 6.92 Å². The van der Waals surface area contributed by atoms with Crippen LogP contribution in [0.25, 0.3) is 0 Å². The van der Waals surface area contributed by atoms with Crippen molar-refractivity contribution >= 4 is 0 Å². The first-order valence-electron chi connectivity index (χ1n) is 6.58. The van der Waals surface area contributed by atoms with Crippen molar-refractivity contribution in [2.75, 3.05) is 0 Å². The largest absolute Gasteiger partial charge is 0.388 e. The number of aliphatic hydroxyl groups is 1. The lowest BCUT2D eigenvalue weighted by Crippen LogP contribution is -2.08. The molecule has 0 amide bonds. The summed E-state index contributed by atoms with van der Waals surface area (Å²) >= 11 is 0. The van der Waals surface area contributed by atoms with Gasteiger partial charge in [-0.1, -0.05) is 54.1 Å².